The van der Waals surface area contributed by atoms with Gasteiger partial charge in [-0.25, -0.2) is 4.98 Å². The van der Waals surface area contributed by atoms with Gasteiger partial charge in [0.25, 0.3) is 0 Å². The normalized spacial score (nSPS) is 11.1. The second-order valence-electron chi connectivity index (χ2n) is 6.89. The molecule has 6 nitrogen and oxygen atoms in total. The van der Waals surface area contributed by atoms with Gasteiger partial charge in [0.1, 0.15) is 4.83 Å². The van der Waals surface area contributed by atoms with Gasteiger partial charge in [-0.2, -0.15) is 0 Å². The summed E-state index contributed by atoms with van der Waals surface area (Å²) >= 11 is 2.87. The van der Waals surface area contributed by atoms with Crippen LogP contribution in [0.5, 0.6) is 0 Å². The number of fused-ring (bicyclic) bond motifs is 1. The molecule has 1 aromatic carbocycles. The third-order valence-electron chi connectivity index (χ3n) is 4.68. The third-order valence-corrected chi connectivity index (χ3v) is 6.75. The number of nitrogens with two attached hydrogens (primary N) is 1. The average Bonchev–Trinajstić information content (AvgIpc) is 3.27. The molecule has 0 saturated heterocycles. The maximum atomic E-state index is 12.5. The summed E-state index contributed by atoms with van der Waals surface area (Å²) in [4.78, 5) is 18.8. The Morgan fingerprint density at radius 3 is 2.77 bits per heavy atom. The molecule has 8 heteroatoms. The minimum Gasteiger partial charge on any atom is -0.397 e. The number of carbonyl (C=O) groups excluding carboxylic acids is 1. The van der Waals surface area contributed by atoms with E-state index in [0.717, 1.165) is 26.4 Å². The Morgan fingerprint density at radius 2 is 2.03 bits per heavy atom. The third kappa shape index (κ3) is 3.76. The molecule has 2 N–H and O–H groups in total. The maximum Gasteiger partial charge on any atom is 0.192 e. The molecule has 4 aromatic rings. The Labute approximate surface area is 182 Å². The minimum atomic E-state index is 0.0481. The molecule has 0 radical (unpaired) electrons. The first-order chi connectivity index (χ1) is 14.5. The summed E-state index contributed by atoms with van der Waals surface area (Å²) in [5.41, 5.74) is 9.89. The molecule has 152 valence electrons. The van der Waals surface area contributed by atoms with Gasteiger partial charge in [0, 0.05) is 23.2 Å². The number of allylic oxidation sites excluding steroid dienone is 1. The largest absolute Gasteiger partial charge is 0.397 e. The first kappa shape index (κ1) is 20.3. The number of aromatic nitrogens is 4. The molecular weight excluding hydrogens is 414 g/mol. The number of anilines is 1. The summed E-state index contributed by atoms with van der Waals surface area (Å²) in [5, 5.41) is 10.4. The minimum absolute atomic E-state index is 0.0481. The topological polar surface area (TPSA) is 86.7 Å². The van der Waals surface area contributed by atoms with E-state index in [1.54, 1.807) is 6.08 Å². The number of thiophene rings is 1. The van der Waals surface area contributed by atoms with Crippen LogP contribution in [0, 0.1) is 13.8 Å². The molecule has 0 aliphatic carbocycles. The lowest BCUT2D eigenvalue weighted by molar-refractivity contribution is 0.102. The fraction of sp³-hybridized carbons (Fsp3) is 0.182. The predicted octanol–water partition coefficient (Wildman–Crippen LogP) is 4.91. The molecule has 0 unspecified atom stereocenters. The van der Waals surface area contributed by atoms with Crippen LogP contribution in [-0.4, -0.2) is 31.3 Å². The SMILES string of the molecule is C=CCn1c(SCC(=O)c2ccccc2)nnc1-c1sc2nc(C)cc(C)c2c1N. The van der Waals surface area contributed by atoms with Crippen molar-refractivity contribution in [2.24, 2.45) is 0 Å². The number of pyridine rings is 1. The number of nitrogens with zero attached hydrogens (tertiary/aromatic N) is 4. The summed E-state index contributed by atoms with van der Waals surface area (Å²) in [6.07, 6.45) is 1.78. The quantitative estimate of drug-likeness (QED) is 0.252. The van der Waals surface area contributed by atoms with Crippen molar-refractivity contribution in [1.82, 2.24) is 19.7 Å². The lowest BCUT2D eigenvalue weighted by Crippen LogP contribution is -2.05. The fourth-order valence-electron chi connectivity index (χ4n) is 3.33. The van der Waals surface area contributed by atoms with Crippen molar-refractivity contribution < 1.29 is 4.79 Å². The van der Waals surface area contributed by atoms with Crippen LogP contribution >= 0.6 is 23.1 Å². The Morgan fingerprint density at radius 1 is 1.27 bits per heavy atom. The van der Waals surface area contributed by atoms with Gasteiger partial charge in [0.05, 0.1) is 16.3 Å². The Kier molecular flexibility index (Phi) is 5.69. The zero-order chi connectivity index (χ0) is 21.3. The number of nitrogen functional groups attached to an aromatic ring is 1. The number of thioether (sulfide) groups is 1. The molecule has 0 saturated carbocycles. The van der Waals surface area contributed by atoms with E-state index in [1.807, 2.05) is 54.8 Å². The van der Waals surface area contributed by atoms with Crippen LogP contribution in [0.1, 0.15) is 21.6 Å². The lowest BCUT2D eigenvalue weighted by Gasteiger charge is -2.07. The Hall–Kier alpha value is -2.97. The highest BCUT2D eigenvalue weighted by Crippen LogP contribution is 2.41. The standard InChI is InChI=1S/C22H21N5OS2/c1-4-10-27-20(19-18(23)17-13(2)11-14(3)24-21(17)30-19)25-26-22(27)29-12-16(28)15-8-6-5-7-9-15/h4-9,11H,1,10,12,23H2,2-3H3. The van der Waals surface area contributed by atoms with E-state index in [2.05, 4.69) is 21.8 Å². The summed E-state index contributed by atoms with van der Waals surface area (Å²) < 4.78 is 1.94. The predicted molar refractivity (Wildman–Crippen MR) is 124 cm³/mol. The van der Waals surface area contributed by atoms with Crippen LogP contribution in [-0.2, 0) is 6.54 Å². The molecule has 30 heavy (non-hydrogen) atoms. The molecule has 4 rings (SSSR count). The Balaban J connectivity index is 1.69. The zero-order valence-corrected chi connectivity index (χ0v) is 18.4. The van der Waals surface area contributed by atoms with Gasteiger partial charge in [0.15, 0.2) is 16.8 Å². The number of Topliss-reactive ketones (excluding diaryl/α,β-unsaturated/α-hetero) is 1. The van der Waals surface area contributed by atoms with Crippen LogP contribution in [0.15, 0.2) is 54.2 Å². The van der Waals surface area contributed by atoms with Crippen LogP contribution in [0.25, 0.3) is 20.9 Å². The maximum absolute atomic E-state index is 12.5. The summed E-state index contributed by atoms with van der Waals surface area (Å²) in [7, 11) is 0. The van der Waals surface area contributed by atoms with Crippen molar-refractivity contribution in [3.63, 3.8) is 0 Å². The first-order valence-corrected chi connectivity index (χ1v) is 11.2. The number of aryl methyl sites for hydroxylation is 2. The van der Waals surface area contributed by atoms with Gasteiger partial charge in [0.2, 0.25) is 0 Å². The van der Waals surface area contributed by atoms with Crippen molar-refractivity contribution in [1.29, 1.82) is 0 Å². The zero-order valence-electron chi connectivity index (χ0n) is 16.8. The molecule has 0 atom stereocenters. The monoisotopic (exact) mass is 435 g/mol. The van der Waals surface area contributed by atoms with Crippen molar-refractivity contribution in [3.8, 4) is 10.7 Å². The van der Waals surface area contributed by atoms with Crippen molar-refractivity contribution in [2.75, 3.05) is 11.5 Å². The smallest absolute Gasteiger partial charge is 0.192 e. The number of hydrogen-bond donors (Lipinski definition) is 1. The van der Waals surface area contributed by atoms with Gasteiger partial charge < -0.3 is 5.73 Å². The van der Waals surface area contributed by atoms with Crippen molar-refractivity contribution in [2.45, 2.75) is 25.5 Å². The second-order valence-corrected chi connectivity index (χ2v) is 8.83. The van der Waals surface area contributed by atoms with Crippen molar-refractivity contribution in [3.05, 3.63) is 65.9 Å². The van der Waals surface area contributed by atoms with Crippen LogP contribution in [0.3, 0.4) is 0 Å². The molecule has 3 heterocycles. The summed E-state index contributed by atoms with van der Waals surface area (Å²) in [6.45, 7) is 8.38. The molecule has 0 fully saturated rings. The fourth-order valence-corrected chi connectivity index (χ4v) is 5.38. The Bertz CT molecular complexity index is 1240. The van der Waals surface area contributed by atoms with Crippen LogP contribution < -0.4 is 5.73 Å². The lowest BCUT2D eigenvalue weighted by atomic mass is 10.1. The van der Waals surface area contributed by atoms with Gasteiger partial charge in [-0.3, -0.25) is 9.36 Å². The molecule has 0 aliphatic rings. The highest BCUT2D eigenvalue weighted by molar-refractivity contribution is 7.99. The van der Waals surface area contributed by atoms with Gasteiger partial charge in [-0.05, 0) is 25.5 Å². The second kappa shape index (κ2) is 8.41. The average molecular weight is 436 g/mol. The number of rotatable bonds is 7. The highest BCUT2D eigenvalue weighted by Gasteiger charge is 2.22. The van der Waals surface area contributed by atoms with E-state index in [4.69, 9.17) is 5.73 Å². The number of carbonyl (C=O) groups is 1. The first-order valence-electron chi connectivity index (χ1n) is 9.41. The molecule has 0 bridgehead atoms. The molecule has 0 aliphatic heterocycles. The molecular formula is C22H21N5OS2. The van der Waals surface area contributed by atoms with Gasteiger partial charge in [-0.15, -0.1) is 28.1 Å². The van der Waals surface area contributed by atoms with E-state index in [9.17, 15) is 4.79 Å². The molecule has 0 spiro atoms. The van der Waals surface area contributed by atoms with E-state index < -0.39 is 0 Å². The number of benzene rings is 1. The van der Waals surface area contributed by atoms with Crippen LogP contribution in [0.4, 0.5) is 5.69 Å². The highest BCUT2D eigenvalue weighted by atomic mass is 32.2. The van der Waals surface area contributed by atoms with E-state index >= 15 is 0 Å². The number of hydrogen-bond acceptors (Lipinski definition) is 7. The molecule has 0 amide bonds. The van der Waals surface area contributed by atoms with Gasteiger partial charge >= 0.3 is 0 Å². The van der Waals surface area contributed by atoms with Crippen LogP contribution in [0.2, 0.25) is 0 Å². The summed E-state index contributed by atoms with van der Waals surface area (Å²) in [6, 6.07) is 11.3. The van der Waals surface area contributed by atoms with Gasteiger partial charge in [-0.1, -0.05) is 48.2 Å². The van der Waals surface area contributed by atoms with E-state index in [0.29, 0.717) is 28.8 Å². The van der Waals surface area contributed by atoms with E-state index in [-0.39, 0.29) is 11.5 Å². The number of ketones is 1. The van der Waals surface area contributed by atoms with Crippen molar-refractivity contribution >= 4 is 44.8 Å². The summed E-state index contributed by atoms with van der Waals surface area (Å²) in [5.74, 6) is 0.996. The molecule has 3 aromatic heterocycles. The van der Waals surface area contributed by atoms with E-state index in [1.165, 1.54) is 23.1 Å².